The zero-order chi connectivity index (χ0) is 12.3. The molecule has 1 amide bonds. The first-order valence-corrected chi connectivity index (χ1v) is 5.65. The fourth-order valence-corrected chi connectivity index (χ4v) is 1.87. The monoisotopic (exact) mass is 225 g/mol. The summed E-state index contributed by atoms with van der Waals surface area (Å²) in [7, 11) is 0. The molecular formula is C11H19N3O2. The van der Waals surface area contributed by atoms with Gasteiger partial charge in [-0.05, 0) is 5.92 Å². The summed E-state index contributed by atoms with van der Waals surface area (Å²) in [5.41, 5.74) is 5.83. The Kier molecular flexibility index (Phi) is 4.27. The largest absolute Gasteiger partial charge is 0.391 e. The molecule has 0 aliphatic carbocycles. The van der Waals surface area contributed by atoms with Crippen molar-refractivity contribution in [3.63, 3.8) is 0 Å². The molecule has 1 fully saturated rings. The number of hydrogen-bond donors (Lipinski definition) is 2. The number of nitriles is 1. The summed E-state index contributed by atoms with van der Waals surface area (Å²) in [4.78, 5) is 13.4. The molecule has 0 saturated carbocycles. The zero-order valence-electron chi connectivity index (χ0n) is 9.76. The van der Waals surface area contributed by atoms with Crippen molar-refractivity contribution in [1.29, 1.82) is 5.26 Å². The average Bonchev–Trinajstić information content (AvgIpc) is 2.67. The first kappa shape index (κ1) is 12.9. The molecule has 16 heavy (non-hydrogen) atoms. The second-order valence-electron chi connectivity index (χ2n) is 4.44. The van der Waals surface area contributed by atoms with E-state index >= 15 is 0 Å². The van der Waals surface area contributed by atoms with Crippen molar-refractivity contribution < 1.29 is 9.90 Å². The van der Waals surface area contributed by atoms with Gasteiger partial charge in [0.05, 0.1) is 18.2 Å². The van der Waals surface area contributed by atoms with Gasteiger partial charge in [-0.1, -0.05) is 20.3 Å². The van der Waals surface area contributed by atoms with Crippen molar-refractivity contribution in [2.75, 3.05) is 6.54 Å². The fraction of sp³-hybridized carbons (Fsp3) is 0.818. The van der Waals surface area contributed by atoms with Gasteiger partial charge in [0, 0.05) is 13.0 Å². The summed E-state index contributed by atoms with van der Waals surface area (Å²) in [5, 5.41) is 18.3. The van der Waals surface area contributed by atoms with Crippen LogP contribution in [-0.2, 0) is 4.79 Å². The normalized spacial score (nSPS) is 28.6. The number of β-amino-alcohol motifs (C(OH)–C–C–N with tert-alkyl or cyclic N) is 1. The lowest BCUT2D eigenvalue weighted by Gasteiger charge is -2.26. The highest BCUT2D eigenvalue weighted by molar-refractivity contribution is 5.83. The first-order valence-electron chi connectivity index (χ1n) is 5.65. The second kappa shape index (κ2) is 5.28. The number of carbonyl (C=O) groups is 1. The standard InChI is InChI=1S/C11H19N3O2/c1-3-7(2)10(13)11(16)14-6-9(15)4-8(14)5-12/h7-10,15H,3-4,6,13H2,1-2H3/t7-,8-,9-,10-/m0/s1. The minimum absolute atomic E-state index is 0.0876. The lowest BCUT2D eigenvalue weighted by atomic mass is 9.99. The molecular weight excluding hydrogens is 206 g/mol. The van der Waals surface area contributed by atoms with Crippen LogP contribution in [0.5, 0.6) is 0 Å². The number of nitrogens with zero attached hydrogens (tertiary/aromatic N) is 2. The number of rotatable bonds is 3. The van der Waals surface area contributed by atoms with Crippen LogP contribution < -0.4 is 5.73 Å². The van der Waals surface area contributed by atoms with Crippen LogP contribution in [0.25, 0.3) is 0 Å². The van der Waals surface area contributed by atoms with E-state index < -0.39 is 18.2 Å². The van der Waals surface area contributed by atoms with Crippen molar-refractivity contribution in [1.82, 2.24) is 4.90 Å². The van der Waals surface area contributed by atoms with E-state index in [1.54, 1.807) is 0 Å². The van der Waals surface area contributed by atoms with Gasteiger partial charge in [-0.15, -0.1) is 0 Å². The van der Waals surface area contributed by atoms with Gasteiger partial charge in [-0.2, -0.15) is 5.26 Å². The molecule has 1 saturated heterocycles. The Morgan fingerprint density at radius 1 is 1.75 bits per heavy atom. The lowest BCUT2D eigenvalue weighted by Crippen LogP contribution is -2.48. The number of carbonyl (C=O) groups excluding carboxylic acids is 1. The van der Waals surface area contributed by atoms with Crippen molar-refractivity contribution >= 4 is 5.91 Å². The van der Waals surface area contributed by atoms with Gasteiger partial charge in [-0.3, -0.25) is 4.79 Å². The third kappa shape index (κ3) is 2.52. The van der Waals surface area contributed by atoms with Gasteiger partial charge in [0.15, 0.2) is 0 Å². The first-order chi connectivity index (χ1) is 7.51. The SMILES string of the molecule is CC[C@H](C)[C@H](N)C(=O)N1C[C@@H](O)C[C@H]1C#N. The van der Waals surface area contributed by atoms with E-state index in [1.165, 1.54) is 4.90 Å². The molecule has 1 heterocycles. The van der Waals surface area contributed by atoms with Gasteiger partial charge in [0.2, 0.25) is 5.91 Å². The molecule has 0 spiro atoms. The van der Waals surface area contributed by atoms with Gasteiger partial charge in [0.25, 0.3) is 0 Å². The fourth-order valence-electron chi connectivity index (χ4n) is 1.87. The summed E-state index contributed by atoms with van der Waals surface area (Å²) in [6.07, 6.45) is 0.549. The average molecular weight is 225 g/mol. The molecule has 1 aliphatic heterocycles. The molecule has 4 atom stereocenters. The highest BCUT2D eigenvalue weighted by Gasteiger charge is 2.37. The van der Waals surface area contributed by atoms with Gasteiger partial charge < -0.3 is 15.7 Å². The Bertz CT molecular complexity index is 300. The number of amides is 1. The van der Waals surface area contributed by atoms with E-state index in [-0.39, 0.29) is 18.4 Å². The summed E-state index contributed by atoms with van der Waals surface area (Å²) in [5.74, 6) is -0.137. The number of nitrogens with two attached hydrogens (primary N) is 1. The van der Waals surface area contributed by atoms with Crippen molar-refractivity contribution in [2.24, 2.45) is 11.7 Å². The van der Waals surface area contributed by atoms with Gasteiger partial charge in [0.1, 0.15) is 6.04 Å². The van der Waals surface area contributed by atoms with Crippen LogP contribution in [0.15, 0.2) is 0 Å². The summed E-state index contributed by atoms with van der Waals surface area (Å²) in [6, 6.07) is 0.919. The Morgan fingerprint density at radius 3 is 2.88 bits per heavy atom. The van der Waals surface area contributed by atoms with Crippen LogP contribution in [0, 0.1) is 17.2 Å². The molecule has 1 rings (SSSR count). The summed E-state index contributed by atoms with van der Waals surface area (Å²) in [6.45, 7) is 4.11. The molecule has 0 unspecified atom stereocenters. The van der Waals surface area contributed by atoms with Crippen LogP contribution in [0.4, 0.5) is 0 Å². The molecule has 3 N–H and O–H groups in total. The predicted octanol–water partition coefficient (Wildman–Crippen LogP) is -0.155. The minimum atomic E-state index is -0.599. The van der Waals surface area contributed by atoms with E-state index in [0.717, 1.165) is 6.42 Å². The maximum Gasteiger partial charge on any atom is 0.240 e. The zero-order valence-corrected chi connectivity index (χ0v) is 9.76. The topological polar surface area (TPSA) is 90.3 Å². The van der Waals surface area contributed by atoms with Crippen LogP contribution in [0.1, 0.15) is 26.7 Å². The highest BCUT2D eigenvalue weighted by atomic mass is 16.3. The van der Waals surface area contributed by atoms with Crippen molar-refractivity contribution in [3.05, 3.63) is 0 Å². The Morgan fingerprint density at radius 2 is 2.38 bits per heavy atom. The molecule has 0 aromatic carbocycles. The maximum absolute atomic E-state index is 12.0. The molecule has 0 aromatic rings. The van der Waals surface area contributed by atoms with Crippen LogP contribution >= 0.6 is 0 Å². The Labute approximate surface area is 95.8 Å². The highest BCUT2D eigenvalue weighted by Crippen LogP contribution is 2.20. The van der Waals surface area contributed by atoms with E-state index in [9.17, 15) is 9.90 Å². The van der Waals surface area contributed by atoms with E-state index in [1.807, 2.05) is 19.9 Å². The second-order valence-corrected chi connectivity index (χ2v) is 4.44. The molecule has 0 bridgehead atoms. The third-order valence-corrected chi connectivity index (χ3v) is 3.25. The van der Waals surface area contributed by atoms with E-state index in [2.05, 4.69) is 0 Å². The number of hydrogen-bond acceptors (Lipinski definition) is 4. The van der Waals surface area contributed by atoms with Crippen LogP contribution in [0.2, 0.25) is 0 Å². The third-order valence-electron chi connectivity index (χ3n) is 3.25. The summed E-state index contributed by atoms with van der Waals surface area (Å²) < 4.78 is 0. The van der Waals surface area contributed by atoms with Crippen LogP contribution in [-0.4, -0.2) is 40.6 Å². The molecule has 0 radical (unpaired) electrons. The van der Waals surface area contributed by atoms with E-state index in [0.29, 0.717) is 6.42 Å². The molecule has 5 heteroatoms. The van der Waals surface area contributed by atoms with Gasteiger partial charge in [-0.25, -0.2) is 0 Å². The lowest BCUT2D eigenvalue weighted by molar-refractivity contribution is -0.134. The number of likely N-dealkylation sites (tertiary alicyclic amines) is 1. The van der Waals surface area contributed by atoms with E-state index in [4.69, 9.17) is 11.0 Å². The Hall–Kier alpha value is -1.12. The predicted molar refractivity (Wildman–Crippen MR) is 59.2 cm³/mol. The molecule has 0 aromatic heterocycles. The van der Waals surface area contributed by atoms with Crippen molar-refractivity contribution in [3.8, 4) is 6.07 Å². The summed E-state index contributed by atoms with van der Waals surface area (Å²) >= 11 is 0. The van der Waals surface area contributed by atoms with Gasteiger partial charge >= 0.3 is 0 Å². The molecule has 5 nitrogen and oxygen atoms in total. The van der Waals surface area contributed by atoms with Crippen LogP contribution in [0.3, 0.4) is 0 Å². The van der Waals surface area contributed by atoms with Crippen molar-refractivity contribution in [2.45, 2.75) is 44.9 Å². The quantitative estimate of drug-likeness (QED) is 0.698. The molecule has 90 valence electrons. The number of aliphatic hydroxyl groups excluding tert-OH is 1. The maximum atomic E-state index is 12.0. The smallest absolute Gasteiger partial charge is 0.240 e. The minimum Gasteiger partial charge on any atom is -0.391 e. The number of aliphatic hydroxyl groups is 1. The Balaban J connectivity index is 2.70. The molecule has 1 aliphatic rings.